The van der Waals surface area contributed by atoms with Crippen LogP contribution in [-0.2, 0) is 9.59 Å². The van der Waals surface area contributed by atoms with Crippen molar-refractivity contribution in [2.24, 2.45) is 0 Å². The number of hydrogen-bond acceptors (Lipinski definition) is 3. The molecule has 0 fully saturated rings. The van der Waals surface area contributed by atoms with Gasteiger partial charge in [-0.05, 0) is 42.8 Å². The molecule has 0 saturated heterocycles. The Morgan fingerprint density at radius 2 is 1.80 bits per heavy atom. The van der Waals surface area contributed by atoms with Gasteiger partial charge < -0.3 is 16.0 Å². The first-order valence-corrected chi connectivity index (χ1v) is 8.58. The molecule has 0 radical (unpaired) electrons. The van der Waals surface area contributed by atoms with Crippen LogP contribution in [0.15, 0.2) is 53.0 Å². The molecule has 0 aliphatic carbocycles. The number of rotatable bonds is 4. The fraction of sp³-hybridized carbons (Fsp3) is 0.167. The molecule has 1 aliphatic rings. The number of halogens is 1. The van der Waals surface area contributed by atoms with Crippen molar-refractivity contribution in [1.82, 2.24) is 5.32 Å². The van der Waals surface area contributed by atoms with E-state index >= 15 is 0 Å². The average molecular weight is 402 g/mol. The molecule has 3 N–H and O–H groups in total. The highest BCUT2D eigenvalue weighted by Gasteiger charge is 2.27. The highest BCUT2D eigenvalue weighted by atomic mass is 79.9. The third-order valence-corrected chi connectivity index (χ3v) is 4.37. The van der Waals surface area contributed by atoms with Crippen LogP contribution in [0, 0.1) is 0 Å². The summed E-state index contributed by atoms with van der Waals surface area (Å²) in [6, 6.07) is 13.3. The van der Waals surface area contributed by atoms with Gasteiger partial charge in [-0.2, -0.15) is 0 Å². The van der Waals surface area contributed by atoms with Crippen LogP contribution in [0.1, 0.15) is 23.2 Å². The second kappa shape index (κ2) is 7.48. The lowest BCUT2D eigenvalue weighted by Crippen LogP contribution is -2.41. The van der Waals surface area contributed by atoms with Gasteiger partial charge in [-0.1, -0.05) is 28.1 Å². The maximum Gasteiger partial charge on any atom is 0.254 e. The lowest BCUT2D eigenvalue weighted by atomic mass is 10.1. The van der Waals surface area contributed by atoms with E-state index in [9.17, 15) is 14.4 Å². The summed E-state index contributed by atoms with van der Waals surface area (Å²) in [6.07, 6.45) is 0.332. The number of carbonyl (C=O) groups excluding carboxylic acids is 3. The SMILES string of the molecule is O=C(CC[C@@H]1NC(=O)c2ccccc2NC1=O)Nc1ccc(Br)cc1. The number of amides is 3. The van der Waals surface area contributed by atoms with Gasteiger partial charge in [0.15, 0.2) is 0 Å². The van der Waals surface area contributed by atoms with Gasteiger partial charge >= 0.3 is 0 Å². The molecule has 3 amide bonds. The zero-order chi connectivity index (χ0) is 17.8. The smallest absolute Gasteiger partial charge is 0.254 e. The van der Waals surface area contributed by atoms with Gasteiger partial charge in [0.1, 0.15) is 6.04 Å². The Labute approximate surface area is 153 Å². The van der Waals surface area contributed by atoms with Crippen molar-refractivity contribution in [3.8, 4) is 0 Å². The van der Waals surface area contributed by atoms with Gasteiger partial charge in [0.25, 0.3) is 5.91 Å². The van der Waals surface area contributed by atoms with E-state index in [0.29, 0.717) is 16.9 Å². The van der Waals surface area contributed by atoms with Crippen LogP contribution >= 0.6 is 15.9 Å². The lowest BCUT2D eigenvalue weighted by Gasteiger charge is -2.14. The third kappa shape index (κ3) is 4.24. The van der Waals surface area contributed by atoms with Crippen LogP contribution in [-0.4, -0.2) is 23.8 Å². The maximum absolute atomic E-state index is 12.3. The zero-order valence-corrected chi connectivity index (χ0v) is 14.8. The van der Waals surface area contributed by atoms with Gasteiger partial charge in [-0.15, -0.1) is 0 Å². The van der Waals surface area contributed by atoms with Crippen LogP contribution in [0.2, 0.25) is 0 Å². The predicted octanol–water partition coefficient (Wildman–Crippen LogP) is 2.92. The molecule has 6 nitrogen and oxygen atoms in total. The predicted molar refractivity (Wildman–Crippen MR) is 98.3 cm³/mol. The van der Waals surface area contributed by atoms with Crippen molar-refractivity contribution in [3.63, 3.8) is 0 Å². The minimum Gasteiger partial charge on any atom is -0.340 e. The molecule has 1 heterocycles. The summed E-state index contributed by atoms with van der Waals surface area (Å²) in [7, 11) is 0. The quantitative estimate of drug-likeness (QED) is 0.735. The van der Waals surface area contributed by atoms with E-state index < -0.39 is 6.04 Å². The number of carbonyl (C=O) groups is 3. The molecular formula is C18H16BrN3O3. The Bertz CT molecular complexity index is 821. The van der Waals surface area contributed by atoms with Gasteiger partial charge in [0.2, 0.25) is 11.8 Å². The van der Waals surface area contributed by atoms with Crippen molar-refractivity contribution in [3.05, 3.63) is 58.6 Å². The second-order valence-electron chi connectivity index (χ2n) is 5.65. The molecule has 0 saturated carbocycles. The monoisotopic (exact) mass is 401 g/mol. The van der Waals surface area contributed by atoms with Crippen molar-refractivity contribution >= 4 is 45.0 Å². The summed E-state index contributed by atoms with van der Waals surface area (Å²) in [5, 5.41) is 8.16. The van der Waals surface area contributed by atoms with Crippen LogP contribution in [0.3, 0.4) is 0 Å². The molecule has 0 aromatic heterocycles. The molecule has 7 heteroatoms. The van der Waals surface area contributed by atoms with E-state index in [1.54, 1.807) is 36.4 Å². The third-order valence-electron chi connectivity index (χ3n) is 3.84. The van der Waals surface area contributed by atoms with E-state index in [1.807, 2.05) is 12.1 Å². The number of fused-ring (bicyclic) bond motifs is 1. The molecule has 0 spiro atoms. The Morgan fingerprint density at radius 3 is 2.56 bits per heavy atom. The Kier molecular flexibility index (Phi) is 5.14. The summed E-state index contributed by atoms with van der Waals surface area (Å²) in [6.45, 7) is 0. The standard InChI is InChI=1S/C18H16BrN3O3/c19-11-5-7-12(8-6-11)20-16(23)10-9-15-18(25)21-14-4-2-1-3-13(14)17(24)22-15/h1-8,15H,9-10H2,(H,20,23)(H,21,25)(H,22,24)/t15-/m0/s1. The summed E-state index contributed by atoms with van der Waals surface area (Å²) < 4.78 is 0.919. The van der Waals surface area contributed by atoms with Crippen molar-refractivity contribution in [1.29, 1.82) is 0 Å². The van der Waals surface area contributed by atoms with Crippen LogP contribution in [0.5, 0.6) is 0 Å². The van der Waals surface area contributed by atoms with Crippen LogP contribution in [0.4, 0.5) is 11.4 Å². The first-order chi connectivity index (χ1) is 12.0. The number of anilines is 2. The topological polar surface area (TPSA) is 87.3 Å². The molecule has 25 heavy (non-hydrogen) atoms. The minimum atomic E-state index is -0.754. The number of hydrogen-bond donors (Lipinski definition) is 3. The molecule has 2 aromatic carbocycles. The highest BCUT2D eigenvalue weighted by molar-refractivity contribution is 9.10. The highest BCUT2D eigenvalue weighted by Crippen LogP contribution is 2.19. The van der Waals surface area contributed by atoms with Gasteiger partial charge in [0, 0.05) is 16.6 Å². The molecule has 3 rings (SSSR count). The number of nitrogens with one attached hydrogen (secondary N) is 3. The average Bonchev–Trinajstić information content (AvgIpc) is 2.72. The molecule has 0 unspecified atom stereocenters. The number of para-hydroxylation sites is 1. The number of benzene rings is 2. The maximum atomic E-state index is 12.3. The van der Waals surface area contributed by atoms with E-state index in [0.717, 1.165) is 4.47 Å². The summed E-state index contributed by atoms with van der Waals surface area (Å²) >= 11 is 3.33. The van der Waals surface area contributed by atoms with E-state index in [1.165, 1.54) is 0 Å². The summed E-state index contributed by atoms with van der Waals surface area (Å²) in [4.78, 5) is 36.6. The lowest BCUT2D eigenvalue weighted by molar-refractivity contribution is -0.118. The van der Waals surface area contributed by atoms with Crippen molar-refractivity contribution < 1.29 is 14.4 Å². The Hall–Kier alpha value is -2.67. The summed E-state index contributed by atoms with van der Waals surface area (Å²) in [5.41, 5.74) is 1.57. The first kappa shape index (κ1) is 17.2. The molecule has 128 valence electrons. The molecule has 1 aliphatic heterocycles. The van der Waals surface area contributed by atoms with Gasteiger partial charge in [0.05, 0.1) is 11.3 Å². The molecule has 0 bridgehead atoms. The Balaban J connectivity index is 1.59. The van der Waals surface area contributed by atoms with E-state index in [4.69, 9.17) is 0 Å². The van der Waals surface area contributed by atoms with E-state index in [2.05, 4.69) is 31.9 Å². The summed E-state index contributed by atoms with van der Waals surface area (Å²) in [5.74, 6) is -0.867. The Morgan fingerprint density at radius 1 is 1.08 bits per heavy atom. The van der Waals surface area contributed by atoms with Crippen molar-refractivity contribution in [2.45, 2.75) is 18.9 Å². The molecular weight excluding hydrogens is 386 g/mol. The fourth-order valence-corrected chi connectivity index (χ4v) is 2.81. The largest absolute Gasteiger partial charge is 0.340 e. The molecule has 2 aromatic rings. The second-order valence-corrected chi connectivity index (χ2v) is 6.57. The zero-order valence-electron chi connectivity index (χ0n) is 13.2. The first-order valence-electron chi connectivity index (χ1n) is 7.79. The minimum absolute atomic E-state index is 0.116. The van der Waals surface area contributed by atoms with Gasteiger partial charge in [-0.25, -0.2) is 0 Å². The van der Waals surface area contributed by atoms with Crippen molar-refractivity contribution in [2.75, 3.05) is 10.6 Å². The van der Waals surface area contributed by atoms with Crippen LogP contribution < -0.4 is 16.0 Å². The fourth-order valence-electron chi connectivity index (χ4n) is 2.55. The van der Waals surface area contributed by atoms with Gasteiger partial charge in [-0.3, -0.25) is 14.4 Å². The molecule has 1 atom stereocenters. The van der Waals surface area contributed by atoms with Crippen LogP contribution in [0.25, 0.3) is 0 Å². The normalized spacial score (nSPS) is 16.3. The van der Waals surface area contributed by atoms with E-state index in [-0.39, 0.29) is 30.6 Å².